The summed E-state index contributed by atoms with van der Waals surface area (Å²) in [5.41, 5.74) is 0.281. The van der Waals surface area contributed by atoms with Crippen molar-refractivity contribution in [3.8, 4) is 5.75 Å². The van der Waals surface area contributed by atoms with E-state index in [1.54, 1.807) is 43.9 Å². The number of benzene rings is 1. The number of carboxylic acid groups (broad SMARTS) is 1. The van der Waals surface area contributed by atoms with Crippen LogP contribution in [0.1, 0.15) is 75.2 Å². The van der Waals surface area contributed by atoms with Crippen LogP contribution >= 0.6 is 0 Å². The Balaban J connectivity index is 0.000000692. The van der Waals surface area contributed by atoms with E-state index in [2.05, 4.69) is 25.0 Å². The predicted octanol–water partition coefficient (Wildman–Crippen LogP) is 4.15. The van der Waals surface area contributed by atoms with Crippen LogP contribution in [-0.2, 0) is 30.5 Å². The molecule has 0 radical (unpaired) electrons. The van der Waals surface area contributed by atoms with Gasteiger partial charge >= 0.3 is 6.09 Å². The minimum Gasteiger partial charge on any atom is -0.487 e. The standard InChI is InChI=1S/C31H46F2N4O7Si.C5H7NO2/c1-31(2,3)37(30(41)42)23-11-12-34(18-26(32)33)17-25(23)44-21-7-8-22-20(15-21)16-35(28(22)39)24-9-10-27(38)36(29(24)40)19-43-13-14-45(4,5)6;7-4-2-1-3-5(8)6-4/h7-8,15,23-26H,9-14,16-19H2,1-6H3,(H,41,42);1-3H2,(H,6,7,8)/t23-,24?,25-;/m1./s1. The van der Waals surface area contributed by atoms with Gasteiger partial charge in [0, 0.05) is 64.7 Å². The van der Waals surface area contributed by atoms with Crippen LogP contribution in [0.5, 0.6) is 5.75 Å². The maximum absolute atomic E-state index is 13.4. The number of hydrogen-bond acceptors (Lipinski definition) is 9. The smallest absolute Gasteiger partial charge is 0.408 e. The van der Waals surface area contributed by atoms with Crippen molar-refractivity contribution >= 4 is 43.7 Å². The highest BCUT2D eigenvalue weighted by Gasteiger charge is 2.44. The van der Waals surface area contributed by atoms with Gasteiger partial charge in [-0.1, -0.05) is 19.6 Å². The lowest BCUT2D eigenvalue weighted by molar-refractivity contribution is -0.158. The van der Waals surface area contributed by atoms with E-state index in [0.29, 0.717) is 55.7 Å². The molecule has 6 amide bonds. The zero-order chi connectivity index (χ0) is 39.2. The zero-order valence-electron chi connectivity index (χ0n) is 31.5. The number of fused-ring (bicyclic) bond motifs is 1. The Hall–Kier alpha value is -3.96. The second-order valence-corrected chi connectivity index (χ2v) is 21.7. The Morgan fingerprint density at radius 2 is 1.74 bits per heavy atom. The average Bonchev–Trinajstić information content (AvgIpc) is 3.35. The van der Waals surface area contributed by atoms with Crippen LogP contribution in [0, 0.1) is 0 Å². The van der Waals surface area contributed by atoms with Crippen LogP contribution < -0.4 is 10.1 Å². The molecule has 1 aromatic carbocycles. The van der Waals surface area contributed by atoms with Crippen molar-refractivity contribution in [1.82, 2.24) is 24.9 Å². The third-order valence-corrected chi connectivity index (χ3v) is 11.3. The Labute approximate surface area is 310 Å². The van der Waals surface area contributed by atoms with Crippen LogP contribution in [0.4, 0.5) is 13.6 Å². The topological polar surface area (TPSA) is 166 Å². The molecule has 0 spiro atoms. The van der Waals surface area contributed by atoms with Gasteiger partial charge in [0.15, 0.2) is 0 Å². The number of nitrogens with one attached hydrogen (secondary N) is 1. The molecule has 1 aromatic rings. The molecule has 1 unspecified atom stereocenters. The lowest BCUT2D eigenvalue weighted by atomic mass is 9.94. The molecule has 4 aliphatic rings. The fourth-order valence-corrected chi connectivity index (χ4v) is 7.71. The van der Waals surface area contributed by atoms with Crippen molar-refractivity contribution in [3.05, 3.63) is 29.3 Å². The summed E-state index contributed by atoms with van der Waals surface area (Å²) in [6.07, 6.45) is -2.02. The molecule has 17 heteroatoms. The molecule has 0 saturated carbocycles. The highest BCUT2D eigenvalue weighted by molar-refractivity contribution is 6.76. The predicted molar refractivity (Wildman–Crippen MR) is 192 cm³/mol. The highest BCUT2D eigenvalue weighted by atomic mass is 28.3. The van der Waals surface area contributed by atoms with E-state index in [9.17, 15) is 42.7 Å². The second-order valence-electron chi connectivity index (χ2n) is 16.1. The van der Waals surface area contributed by atoms with E-state index in [-0.39, 0.29) is 56.3 Å². The molecule has 3 fully saturated rings. The third-order valence-electron chi connectivity index (χ3n) is 9.62. The maximum Gasteiger partial charge on any atom is 0.408 e. The zero-order valence-corrected chi connectivity index (χ0v) is 32.5. The van der Waals surface area contributed by atoms with E-state index in [1.807, 2.05) is 0 Å². The van der Waals surface area contributed by atoms with Crippen molar-refractivity contribution in [3.63, 3.8) is 0 Å². The van der Waals surface area contributed by atoms with Crippen molar-refractivity contribution in [2.45, 2.75) is 122 Å². The molecule has 0 bridgehead atoms. The average molecular weight is 766 g/mol. The summed E-state index contributed by atoms with van der Waals surface area (Å²) in [6, 6.07) is 4.40. The fraction of sp³-hybridized carbons (Fsp3) is 0.667. The monoisotopic (exact) mass is 765 g/mol. The minimum absolute atomic E-state index is 0.109. The van der Waals surface area contributed by atoms with Gasteiger partial charge in [0.25, 0.3) is 18.2 Å². The first-order valence-electron chi connectivity index (χ1n) is 18.1. The summed E-state index contributed by atoms with van der Waals surface area (Å²) >= 11 is 0. The van der Waals surface area contributed by atoms with Crippen LogP contribution in [0.3, 0.4) is 0 Å². The van der Waals surface area contributed by atoms with Gasteiger partial charge in [-0.2, -0.15) is 0 Å². The van der Waals surface area contributed by atoms with Crippen LogP contribution in [-0.4, -0.2) is 132 Å². The molecule has 3 saturated heterocycles. The number of imide groups is 2. The van der Waals surface area contributed by atoms with E-state index in [4.69, 9.17) is 9.47 Å². The van der Waals surface area contributed by atoms with E-state index < -0.39 is 56.8 Å². The molecule has 2 N–H and O–H groups in total. The number of alkyl halides is 2. The normalized spacial score (nSPS) is 22.7. The molecule has 5 rings (SSSR count). The number of ether oxygens (including phenoxy) is 2. The summed E-state index contributed by atoms with van der Waals surface area (Å²) in [7, 11) is -1.35. The minimum atomic E-state index is -2.54. The number of hydrogen-bond donors (Lipinski definition) is 2. The first kappa shape index (κ1) is 41.8. The maximum atomic E-state index is 13.4. The summed E-state index contributed by atoms with van der Waals surface area (Å²) < 4.78 is 38.5. The Morgan fingerprint density at radius 1 is 1.06 bits per heavy atom. The lowest BCUT2D eigenvalue weighted by Crippen LogP contribution is -2.62. The van der Waals surface area contributed by atoms with Crippen molar-refractivity contribution in [1.29, 1.82) is 0 Å². The Bertz CT molecular complexity index is 1540. The molecule has 4 aliphatic heterocycles. The summed E-state index contributed by atoms with van der Waals surface area (Å²) in [4.78, 5) is 77.8. The van der Waals surface area contributed by atoms with Gasteiger partial charge < -0.3 is 19.5 Å². The molecule has 3 atom stereocenters. The first-order valence-corrected chi connectivity index (χ1v) is 21.8. The summed E-state index contributed by atoms with van der Waals surface area (Å²) in [6.45, 7) is 12.4. The third kappa shape index (κ3) is 11.3. The fourth-order valence-electron chi connectivity index (χ4n) is 6.96. The summed E-state index contributed by atoms with van der Waals surface area (Å²) in [5.74, 6) is -1.01. The van der Waals surface area contributed by atoms with E-state index in [0.717, 1.165) is 10.9 Å². The van der Waals surface area contributed by atoms with E-state index >= 15 is 0 Å². The Morgan fingerprint density at radius 3 is 2.30 bits per heavy atom. The number of carbonyl (C=O) groups is 6. The second kappa shape index (κ2) is 17.5. The number of likely N-dealkylation sites (tertiary alicyclic amines) is 2. The van der Waals surface area contributed by atoms with Gasteiger partial charge in [-0.3, -0.25) is 44.0 Å². The lowest BCUT2D eigenvalue weighted by Gasteiger charge is -2.47. The Kier molecular flexibility index (Phi) is 13.8. The van der Waals surface area contributed by atoms with Gasteiger partial charge in [0.2, 0.25) is 17.7 Å². The van der Waals surface area contributed by atoms with Gasteiger partial charge in [-0.25, -0.2) is 13.6 Å². The number of piperidine rings is 3. The van der Waals surface area contributed by atoms with Crippen molar-refractivity contribution in [2.75, 3.05) is 33.0 Å². The molecular weight excluding hydrogens is 713 g/mol. The number of nitrogens with zero attached hydrogens (tertiary/aromatic N) is 4. The molecular formula is C36H53F2N5O9Si. The molecule has 0 aliphatic carbocycles. The van der Waals surface area contributed by atoms with Crippen LogP contribution in [0.15, 0.2) is 18.2 Å². The highest BCUT2D eigenvalue weighted by Crippen LogP contribution is 2.34. The number of amides is 6. The van der Waals surface area contributed by atoms with Gasteiger partial charge in [0.1, 0.15) is 24.6 Å². The van der Waals surface area contributed by atoms with Crippen LogP contribution in [0.25, 0.3) is 0 Å². The van der Waals surface area contributed by atoms with Crippen molar-refractivity contribution in [2.24, 2.45) is 0 Å². The number of carbonyl (C=O) groups excluding carboxylic acids is 5. The van der Waals surface area contributed by atoms with Gasteiger partial charge in [-0.15, -0.1) is 0 Å². The summed E-state index contributed by atoms with van der Waals surface area (Å²) in [5, 5.41) is 12.3. The van der Waals surface area contributed by atoms with Gasteiger partial charge in [0.05, 0.1) is 12.6 Å². The van der Waals surface area contributed by atoms with Crippen molar-refractivity contribution < 1.29 is 52.1 Å². The molecule has 14 nitrogen and oxygen atoms in total. The van der Waals surface area contributed by atoms with Crippen LogP contribution in [0.2, 0.25) is 25.7 Å². The molecule has 53 heavy (non-hydrogen) atoms. The molecule has 4 heterocycles. The van der Waals surface area contributed by atoms with E-state index in [1.165, 1.54) is 9.80 Å². The number of rotatable bonds is 11. The molecule has 294 valence electrons. The SMILES string of the molecule is CC(C)(C)N(C(=O)O)[C@@H]1CCN(CC(F)F)C[C@H]1Oc1ccc2c(c1)CN(C1CCC(=O)N(COCC[Si](C)(C)C)C1=O)C2=O.O=C1CCCC(=O)N1. The first-order chi connectivity index (χ1) is 24.7. The molecule has 0 aromatic heterocycles. The number of halogens is 2. The quantitative estimate of drug-likeness (QED) is 0.190. The van der Waals surface area contributed by atoms with Gasteiger partial charge in [-0.05, 0) is 69.8 Å². The largest absolute Gasteiger partial charge is 0.487 e.